The Balaban J connectivity index is 1.25. The van der Waals surface area contributed by atoms with E-state index >= 15 is 0 Å². The number of hydrogen-bond acceptors (Lipinski definition) is 3. The largest absolute Gasteiger partial charge is 0.286 e. The number of piperidine rings is 1. The number of fused-ring (bicyclic) bond motifs is 1. The standard InChI is InChI=1S/C34H32N2O2/c37-32-30-18-10-11-19-31(30)33(38)36(32)25-22-26-20-23-35(24-21-26)34(27-12-4-1-5-13-27,28-14-6-2-7-15-28)29-16-8-3-9-17-29/h1-19,26H,20-25H2. The van der Waals surface area contributed by atoms with Crippen LogP contribution in [-0.2, 0) is 5.54 Å². The van der Waals surface area contributed by atoms with Crippen LogP contribution in [-0.4, -0.2) is 41.2 Å². The molecule has 0 radical (unpaired) electrons. The van der Waals surface area contributed by atoms with E-state index in [1.165, 1.54) is 21.6 Å². The summed E-state index contributed by atoms with van der Waals surface area (Å²) in [6, 6.07) is 39.6. The van der Waals surface area contributed by atoms with Gasteiger partial charge >= 0.3 is 0 Å². The molecule has 2 amide bonds. The van der Waals surface area contributed by atoms with Crippen molar-refractivity contribution in [2.45, 2.75) is 24.8 Å². The first-order valence-electron chi connectivity index (χ1n) is 13.6. The maximum atomic E-state index is 12.8. The molecule has 38 heavy (non-hydrogen) atoms. The third-order valence-corrected chi connectivity index (χ3v) is 8.30. The Labute approximate surface area is 224 Å². The molecule has 0 N–H and O–H groups in total. The van der Waals surface area contributed by atoms with Crippen LogP contribution in [0.3, 0.4) is 0 Å². The van der Waals surface area contributed by atoms with Crippen LogP contribution in [0.25, 0.3) is 0 Å². The fourth-order valence-electron chi connectivity index (χ4n) is 6.40. The van der Waals surface area contributed by atoms with Crippen LogP contribution in [0.1, 0.15) is 56.7 Å². The molecule has 2 aliphatic rings. The van der Waals surface area contributed by atoms with Gasteiger partial charge in [-0.05, 0) is 67.1 Å². The molecule has 2 heterocycles. The van der Waals surface area contributed by atoms with E-state index in [-0.39, 0.29) is 11.8 Å². The number of carbonyl (C=O) groups excluding carboxylic acids is 2. The topological polar surface area (TPSA) is 40.6 Å². The quantitative estimate of drug-likeness (QED) is 0.218. The highest BCUT2D eigenvalue weighted by molar-refractivity contribution is 6.21. The van der Waals surface area contributed by atoms with Crippen molar-refractivity contribution in [3.05, 3.63) is 143 Å². The lowest BCUT2D eigenvalue weighted by molar-refractivity contribution is 0.0620. The fourth-order valence-corrected chi connectivity index (χ4v) is 6.40. The first-order valence-corrected chi connectivity index (χ1v) is 13.6. The summed E-state index contributed by atoms with van der Waals surface area (Å²) in [5.74, 6) is 0.161. The lowest BCUT2D eigenvalue weighted by atomic mass is 9.74. The number of benzene rings is 4. The predicted molar refractivity (Wildman–Crippen MR) is 150 cm³/mol. The Bertz CT molecular complexity index is 1280. The average molecular weight is 501 g/mol. The Hall–Kier alpha value is -4.02. The summed E-state index contributed by atoms with van der Waals surface area (Å²) in [5, 5.41) is 0. The van der Waals surface area contributed by atoms with Gasteiger partial charge in [0.2, 0.25) is 0 Å². The van der Waals surface area contributed by atoms with Gasteiger partial charge in [0, 0.05) is 6.54 Å². The van der Waals surface area contributed by atoms with E-state index in [9.17, 15) is 9.59 Å². The lowest BCUT2D eigenvalue weighted by Gasteiger charge is -2.48. The number of likely N-dealkylation sites (tertiary alicyclic amines) is 1. The van der Waals surface area contributed by atoms with Gasteiger partial charge in [0.1, 0.15) is 0 Å². The molecule has 0 saturated carbocycles. The Morgan fingerprint density at radius 3 is 1.39 bits per heavy atom. The normalized spacial score (nSPS) is 16.6. The summed E-state index contributed by atoms with van der Waals surface area (Å²) < 4.78 is 0. The van der Waals surface area contributed by atoms with E-state index in [0.717, 1.165) is 32.4 Å². The van der Waals surface area contributed by atoms with E-state index in [1.54, 1.807) is 12.1 Å². The molecule has 6 rings (SSSR count). The summed E-state index contributed by atoms with van der Waals surface area (Å²) in [7, 11) is 0. The maximum Gasteiger partial charge on any atom is 0.261 e. The minimum absolute atomic E-state index is 0.153. The summed E-state index contributed by atoms with van der Waals surface area (Å²) in [6.07, 6.45) is 2.89. The monoisotopic (exact) mass is 500 g/mol. The minimum atomic E-state index is -0.392. The highest BCUT2D eigenvalue weighted by Crippen LogP contribution is 2.44. The smallest absolute Gasteiger partial charge is 0.261 e. The summed E-state index contributed by atoms with van der Waals surface area (Å²) in [6.45, 7) is 2.36. The van der Waals surface area contributed by atoms with Gasteiger partial charge in [-0.25, -0.2) is 0 Å². The van der Waals surface area contributed by atoms with Crippen LogP contribution in [0.4, 0.5) is 0 Å². The van der Waals surface area contributed by atoms with Crippen molar-refractivity contribution >= 4 is 11.8 Å². The number of hydrogen-bond donors (Lipinski definition) is 0. The number of rotatable bonds is 7. The number of imide groups is 1. The van der Waals surface area contributed by atoms with Crippen molar-refractivity contribution in [2.75, 3.05) is 19.6 Å². The Morgan fingerprint density at radius 2 is 0.974 bits per heavy atom. The second-order valence-corrected chi connectivity index (χ2v) is 10.3. The Morgan fingerprint density at radius 1 is 0.579 bits per heavy atom. The molecule has 0 aromatic heterocycles. The number of nitrogens with zero attached hydrogens (tertiary/aromatic N) is 2. The van der Waals surface area contributed by atoms with Crippen LogP contribution < -0.4 is 0 Å². The molecule has 1 saturated heterocycles. The van der Waals surface area contributed by atoms with Crippen LogP contribution in [0.5, 0.6) is 0 Å². The van der Waals surface area contributed by atoms with Gasteiger partial charge in [0.15, 0.2) is 0 Å². The zero-order valence-electron chi connectivity index (χ0n) is 21.5. The van der Waals surface area contributed by atoms with Gasteiger partial charge in [-0.15, -0.1) is 0 Å². The van der Waals surface area contributed by atoms with Gasteiger partial charge in [-0.1, -0.05) is 103 Å². The molecule has 1 fully saturated rings. The molecule has 190 valence electrons. The molecule has 4 aromatic rings. The maximum absolute atomic E-state index is 12.8. The lowest BCUT2D eigenvalue weighted by Crippen LogP contribution is -2.51. The number of amides is 2. The van der Waals surface area contributed by atoms with E-state index in [4.69, 9.17) is 0 Å². The van der Waals surface area contributed by atoms with Gasteiger partial charge in [-0.3, -0.25) is 19.4 Å². The first kappa shape index (κ1) is 24.3. The zero-order valence-corrected chi connectivity index (χ0v) is 21.5. The molecule has 4 aromatic carbocycles. The third-order valence-electron chi connectivity index (χ3n) is 8.30. The van der Waals surface area contributed by atoms with Crippen molar-refractivity contribution in [1.29, 1.82) is 0 Å². The van der Waals surface area contributed by atoms with Crippen molar-refractivity contribution in [1.82, 2.24) is 9.80 Å². The second kappa shape index (κ2) is 10.4. The summed E-state index contributed by atoms with van der Waals surface area (Å²) >= 11 is 0. The third kappa shape index (κ3) is 4.15. The first-order chi connectivity index (χ1) is 18.7. The molecular formula is C34H32N2O2. The molecule has 0 spiro atoms. The van der Waals surface area contributed by atoms with Gasteiger partial charge < -0.3 is 0 Å². The van der Waals surface area contributed by atoms with Gasteiger partial charge in [0.25, 0.3) is 11.8 Å². The van der Waals surface area contributed by atoms with Crippen molar-refractivity contribution in [3.8, 4) is 0 Å². The predicted octanol–water partition coefficient (Wildman–Crippen LogP) is 6.38. The molecule has 2 aliphatic heterocycles. The zero-order chi connectivity index (χ0) is 26.0. The Kier molecular flexibility index (Phi) is 6.65. The molecule has 0 atom stereocenters. The highest BCUT2D eigenvalue weighted by Gasteiger charge is 2.43. The SMILES string of the molecule is O=C1c2ccccc2C(=O)N1CCC1CCN(C(c2ccccc2)(c2ccccc2)c2ccccc2)CC1. The molecular weight excluding hydrogens is 468 g/mol. The molecule has 4 nitrogen and oxygen atoms in total. The van der Waals surface area contributed by atoms with Crippen LogP contribution in [0, 0.1) is 5.92 Å². The van der Waals surface area contributed by atoms with Gasteiger partial charge in [-0.2, -0.15) is 0 Å². The van der Waals surface area contributed by atoms with E-state index in [0.29, 0.717) is 23.6 Å². The second-order valence-electron chi connectivity index (χ2n) is 10.3. The van der Waals surface area contributed by atoms with Crippen molar-refractivity contribution < 1.29 is 9.59 Å². The van der Waals surface area contributed by atoms with Crippen LogP contribution >= 0.6 is 0 Å². The molecule has 0 aliphatic carbocycles. The van der Waals surface area contributed by atoms with E-state index < -0.39 is 5.54 Å². The van der Waals surface area contributed by atoms with Gasteiger partial charge in [0.05, 0.1) is 16.7 Å². The minimum Gasteiger partial charge on any atom is -0.286 e. The molecule has 0 bridgehead atoms. The van der Waals surface area contributed by atoms with Crippen molar-refractivity contribution in [2.24, 2.45) is 5.92 Å². The highest BCUT2D eigenvalue weighted by atomic mass is 16.2. The number of carbonyl (C=O) groups is 2. The molecule has 4 heteroatoms. The molecule has 0 unspecified atom stereocenters. The van der Waals surface area contributed by atoms with Crippen LogP contribution in [0.2, 0.25) is 0 Å². The summed E-state index contributed by atoms with van der Waals surface area (Å²) in [5.41, 5.74) is 4.47. The van der Waals surface area contributed by atoms with E-state index in [1.807, 2.05) is 12.1 Å². The fraction of sp³-hybridized carbons (Fsp3) is 0.235. The average Bonchev–Trinajstić information content (AvgIpc) is 3.23. The van der Waals surface area contributed by atoms with Crippen molar-refractivity contribution in [3.63, 3.8) is 0 Å². The summed E-state index contributed by atoms with van der Waals surface area (Å²) in [4.78, 5) is 29.7. The van der Waals surface area contributed by atoms with E-state index in [2.05, 4.69) is 95.9 Å². The van der Waals surface area contributed by atoms with Crippen LogP contribution in [0.15, 0.2) is 115 Å².